The fourth-order valence-corrected chi connectivity index (χ4v) is 2.16. The second kappa shape index (κ2) is 8.27. The quantitative estimate of drug-likeness (QED) is 0.615. The lowest BCUT2D eigenvalue weighted by Crippen LogP contribution is -2.23. The first-order valence-electron chi connectivity index (χ1n) is 7.42. The number of methoxy groups -OCH3 is 1. The number of alkyl halides is 3. The van der Waals surface area contributed by atoms with Crippen molar-refractivity contribution in [2.75, 3.05) is 19.0 Å². The van der Waals surface area contributed by atoms with Crippen LogP contribution >= 0.6 is 0 Å². The van der Waals surface area contributed by atoms with Gasteiger partial charge in [-0.15, -0.1) is 13.2 Å². The van der Waals surface area contributed by atoms with E-state index in [0.717, 1.165) is 0 Å². The fourth-order valence-electron chi connectivity index (χ4n) is 2.16. The van der Waals surface area contributed by atoms with Gasteiger partial charge in [0, 0.05) is 6.54 Å². The van der Waals surface area contributed by atoms with E-state index in [4.69, 9.17) is 10.5 Å². The predicted octanol–water partition coefficient (Wildman–Crippen LogP) is 3.56. The van der Waals surface area contributed by atoms with Crippen molar-refractivity contribution in [1.29, 1.82) is 0 Å². The highest BCUT2D eigenvalue weighted by Gasteiger charge is 2.31. The van der Waals surface area contributed by atoms with Gasteiger partial charge in [0.2, 0.25) is 0 Å². The van der Waals surface area contributed by atoms with Crippen molar-refractivity contribution in [1.82, 2.24) is 0 Å². The molecule has 5 nitrogen and oxygen atoms in total. The van der Waals surface area contributed by atoms with Crippen LogP contribution < -0.4 is 20.5 Å². The van der Waals surface area contributed by atoms with E-state index in [-0.39, 0.29) is 24.7 Å². The summed E-state index contributed by atoms with van der Waals surface area (Å²) in [7, 11) is 1.53. The lowest BCUT2D eigenvalue weighted by Gasteiger charge is -2.13. The van der Waals surface area contributed by atoms with Crippen molar-refractivity contribution in [2.24, 2.45) is 10.7 Å². The number of ether oxygens (including phenoxy) is 2. The average molecular weight is 353 g/mol. The number of anilines is 1. The van der Waals surface area contributed by atoms with Crippen molar-refractivity contribution in [3.05, 3.63) is 54.1 Å². The maximum Gasteiger partial charge on any atom is 0.573 e. The Balaban J connectivity index is 1.99. The number of rotatable bonds is 6. The summed E-state index contributed by atoms with van der Waals surface area (Å²) >= 11 is 0. The number of guanidine groups is 1. The number of hydrogen-bond donors (Lipinski definition) is 2. The summed E-state index contributed by atoms with van der Waals surface area (Å²) in [6.45, 7) is 0.201. The minimum atomic E-state index is -4.73. The Hall–Kier alpha value is -2.90. The van der Waals surface area contributed by atoms with Crippen LogP contribution in [-0.2, 0) is 6.42 Å². The van der Waals surface area contributed by atoms with Crippen molar-refractivity contribution >= 4 is 11.6 Å². The molecule has 0 atom stereocenters. The van der Waals surface area contributed by atoms with Crippen LogP contribution in [0.15, 0.2) is 53.5 Å². The van der Waals surface area contributed by atoms with Crippen LogP contribution in [0.4, 0.5) is 18.9 Å². The molecular weight excluding hydrogens is 335 g/mol. The number of para-hydroxylation sites is 3. The summed E-state index contributed by atoms with van der Waals surface area (Å²) in [5.41, 5.74) is 6.85. The molecular formula is C17H18F3N3O2. The van der Waals surface area contributed by atoms with Crippen molar-refractivity contribution in [3.63, 3.8) is 0 Å². The highest BCUT2D eigenvalue weighted by atomic mass is 19.4. The van der Waals surface area contributed by atoms with Crippen LogP contribution in [0, 0.1) is 0 Å². The third kappa shape index (κ3) is 5.91. The van der Waals surface area contributed by atoms with Gasteiger partial charge in [-0.05, 0) is 30.2 Å². The molecule has 0 saturated heterocycles. The number of nitrogens with one attached hydrogen (secondary N) is 1. The minimum Gasteiger partial charge on any atom is -0.495 e. The number of nitrogens with zero attached hydrogens (tertiary/aromatic N) is 1. The van der Waals surface area contributed by atoms with Gasteiger partial charge in [0.1, 0.15) is 11.5 Å². The van der Waals surface area contributed by atoms with Crippen LogP contribution in [-0.4, -0.2) is 26.0 Å². The Morgan fingerprint density at radius 2 is 1.72 bits per heavy atom. The van der Waals surface area contributed by atoms with Gasteiger partial charge in [-0.2, -0.15) is 0 Å². The number of hydrogen-bond acceptors (Lipinski definition) is 3. The van der Waals surface area contributed by atoms with Crippen LogP contribution in [0.3, 0.4) is 0 Å². The fraction of sp³-hybridized carbons (Fsp3) is 0.235. The molecule has 2 aromatic rings. The predicted molar refractivity (Wildman–Crippen MR) is 89.9 cm³/mol. The Morgan fingerprint density at radius 1 is 1.08 bits per heavy atom. The zero-order chi connectivity index (χ0) is 18.3. The Morgan fingerprint density at radius 3 is 2.40 bits per heavy atom. The maximum absolute atomic E-state index is 12.4. The van der Waals surface area contributed by atoms with E-state index in [1.807, 2.05) is 12.1 Å². The number of halogens is 3. The zero-order valence-corrected chi connectivity index (χ0v) is 13.5. The van der Waals surface area contributed by atoms with Gasteiger partial charge in [-0.25, -0.2) is 0 Å². The molecule has 25 heavy (non-hydrogen) atoms. The van der Waals surface area contributed by atoms with E-state index in [1.54, 1.807) is 24.3 Å². The summed E-state index contributed by atoms with van der Waals surface area (Å²) in [6, 6.07) is 13.1. The van der Waals surface area contributed by atoms with Crippen molar-refractivity contribution in [2.45, 2.75) is 12.8 Å². The van der Waals surface area contributed by atoms with Gasteiger partial charge in [-0.1, -0.05) is 30.3 Å². The molecule has 0 fully saturated rings. The monoisotopic (exact) mass is 353 g/mol. The first kappa shape index (κ1) is 18.4. The van der Waals surface area contributed by atoms with E-state index in [9.17, 15) is 13.2 Å². The molecule has 0 bridgehead atoms. The molecule has 0 aromatic heterocycles. The van der Waals surface area contributed by atoms with Crippen molar-refractivity contribution < 1.29 is 22.6 Å². The first-order chi connectivity index (χ1) is 11.9. The topological polar surface area (TPSA) is 68.9 Å². The molecule has 0 radical (unpaired) electrons. The molecule has 0 spiro atoms. The third-order valence-electron chi connectivity index (χ3n) is 3.23. The second-order valence-electron chi connectivity index (χ2n) is 5.00. The second-order valence-corrected chi connectivity index (χ2v) is 5.00. The van der Waals surface area contributed by atoms with Crippen LogP contribution in [0.25, 0.3) is 0 Å². The Bertz CT molecular complexity index is 733. The SMILES string of the molecule is COc1ccccc1NC(N)=NCCc1ccccc1OC(F)(F)F. The molecule has 0 aliphatic carbocycles. The van der Waals surface area contributed by atoms with E-state index < -0.39 is 6.36 Å². The maximum atomic E-state index is 12.4. The molecule has 0 saturated carbocycles. The molecule has 2 rings (SSSR count). The first-order valence-corrected chi connectivity index (χ1v) is 7.42. The van der Waals surface area contributed by atoms with Gasteiger partial charge in [0.25, 0.3) is 0 Å². The molecule has 3 N–H and O–H groups in total. The van der Waals surface area contributed by atoms with Crippen LogP contribution in [0.2, 0.25) is 0 Å². The smallest absolute Gasteiger partial charge is 0.495 e. The van der Waals surface area contributed by atoms with Gasteiger partial charge in [0.15, 0.2) is 5.96 Å². The lowest BCUT2D eigenvalue weighted by molar-refractivity contribution is -0.274. The largest absolute Gasteiger partial charge is 0.573 e. The molecule has 0 amide bonds. The lowest BCUT2D eigenvalue weighted by atomic mass is 10.1. The third-order valence-corrected chi connectivity index (χ3v) is 3.23. The standard InChI is InChI=1S/C17H18F3N3O2/c1-24-15-9-5-3-7-13(15)23-16(21)22-11-10-12-6-2-4-8-14(12)25-17(18,19)20/h2-9H,10-11H2,1H3,(H3,21,22,23). The zero-order valence-electron chi connectivity index (χ0n) is 13.5. The van der Waals surface area contributed by atoms with E-state index in [1.165, 1.54) is 19.2 Å². The number of aliphatic imine (C=N–C) groups is 1. The van der Waals surface area contributed by atoms with Gasteiger partial charge >= 0.3 is 6.36 Å². The molecule has 0 aliphatic rings. The summed E-state index contributed by atoms with van der Waals surface area (Å²) in [4.78, 5) is 4.12. The molecule has 2 aromatic carbocycles. The molecule has 134 valence electrons. The van der Waals surface area contributed by atoms with Crippen LogP contribution in [0.1, 0.15) is 5.56 Å². The van der Waals surface area contributed by atoms with Crippen LogP contribution in [0.5, 0.6) is 11.5 Å². The summed E-state index contributed by atoms with van der Waals surface area (Å²) in [5, 5.41) is 2.89. The summed E-state index contributed by atoms with van der Waals surface area (Å²) in [6.07, 6.45) is -4.48. The van der Waals surface area contributed by atoms with Crippen molar-refractivity contribution in [3.8, 4) is 11.5 Å². The summed E-state index contributed by atoms with van der Waals surface area (Å²) < 4.78 is 46.4. The van der Waals surface area contributed by atoms with E-state index in [2.05, 4.69) is 15.0 Å². The summed E-state index contributed by atoms with van der Waals surface area (Å²) in [5.74, 6) is 0.504. The molecule has 8 heteroatoms. The molecule has 0 heterocycles. The molecule has 0 aliphatic heterocycles. The van der Waals surface area contributed by atoms with E-state index in [0.29, 0.717) is 17.0 Å². The number of nitrogens with two attached hydrogens (primary N) is 1. The van der Waals surface area contributed by atoms with E-state index >= 15 is 0 Å². The highest BCUT2D eigenvalue weighted by molar-refractivity contribution is 5.93. The van der Waals surface area contributed by atoms with Gasteiger partial charge in [0.05, 0.1) is 12.8 Å². The number of benzene rings is 2. The average Bonchev–Trinajstić information content (AvgIpc) is 2.55. The Labute approximate surface area is 143 Å². The molecule has 0 unspecified atom stereocenters. The van der Waals surface area contributed by atoms with Gasteiger partial charge < -0.3 is 20.5 Å². The van der Waals surface area contributed by atoms with Gasteiger partial charge in [-0.3, -0.25) is 4.99 Å². The Kier molecular flexibility index (Phi) is 6.10. The normalized spacial score (nSPS) is 11.9. The highest BCUT2D eigenvalue weighted by Crippen LogP contribution is 2.26. The minimum absolute atomic E-state index is 0.138.